The lowest BCUT2D eigenvalue weighted by molar-refractivity contribution is 0.204. The maximum atomic E-state index is 12.6. The molecule has 29 heavy (non-hydrogen) atoms. The average molecular weight is 389 g/mol. The van der Waals surface area contributed by atoms with Crippen LogP contribution >= 0.6 is 0 Å². The molecule has 146 valence electrons. The summed E-state index contributed by atoms with van der Waals surface area (Å²) in [5.41, 5.74) is 0.705. The van der Waals surface area contributed by atoms with Crippen LogP contribution in [-0.2, 0) is 26.7 Å². The van der Waals surface area contributed by atoms with Crippen LogP contribution in [0.1, 0.15) is 17.3 Å². The number of benzene rings is 1. The Labute approximate surface area is 165 Å². The predicted molar refractivity (Wildman–Crippen MR) is 106 cm³/mol. The SMILES string of the molecule is Cn1c(=O)c2ccccc2n2c(CN(Cc3ccco3)Cc3ccco3)nnc12. The number of para-hydroxylation sites is 1. The fraction of sp³-hybridized carbons (Fsp3) is 0.190. The van der Waals surface area contributed by atoms with Crippen molar-refractivity contribution in [3.05, 3.63) is 88.8 Å². The van der Waals surface area contributed by atoms with E-state index in [1.165, 1.54) is 4.57 Å². The molecule has 5 aromatic rings. The molecule has 0 fully saturated rings. The van der Waals surface area contributed by atoms with Crippen molar-refractivity contribution in [3.63, 3.8) is 0 Å². The van der Waals surface area contributed by atoms with Gasteiger partial charge in [-0.3, -0.25) is 18.7 Å². The van der Waals surface area contributed by atoms with Crippen LogP contribution < -0.4 is 5.56 Å². The fourth-order valence-electron chi connectivity index (χ4n) is 3.61. The lowest BCUT2D eigenvalue weighted by atomic mass is 10.2. The van der Waals surface area contributed by atoms with Crippen LogP contribution in [0.2, 0.25) is 0 Å². The molecule has 0 spiro atoms. The Hall–Kier alpha value is -3.65. The van der Waals surface area contributed by atoms with Crippen molar-refractivity contribution >= 4 is 16.7 Å². The number of hydrogen-bond donors (Lipinski definition) is 0. The van der Waals surface area contributed by atoms with Gasteiger partial charge >= 0.3 is 0 Å². The van der Waals surface area contributed by atoms with Gasteiger partial charge in [-0.05, 0) is 36.4 Å². The third-order valence-corrected chi connectivity index (χ3v) is 4.98. The van der Waals surface area contributed by atoms with Crippen molar-refractivity contribution in [3.8, 4) is 0 Å². The summed E-state index contributed by atoms with van der Waals surface area (Å²) in [4.78, 5) is 14.8. The van der Waals surface area contributed by atoms with E-state index in [1.54, 1.807) is 19.6 Å². The van der Waals surface area contributed by atoms with Crippen molar-refractivity contribution in [1.82, 2.24) is 24.1 Å². The molecule has 0 saturated heterocycles. The van der Waals surface area contributed by atoms with E-state index < -0.39 is 0 Å². The van der Waals surface area contributed by atoms with E-state index in [0.29, 0.717) is 30.8 Å². The number of fused-ring (bicyclic) bond motifs is 3. The van der Waals surface area contributed by atoms with E-state index in [2.05, 4.69) is 15.1 Å². The molecule has 0 atom stereocenters. The second kappa shape index (κ2) is 7.06. The van der Waals surface area contributed by atoms with Crippen LogP contribution in [0.4, 0.5) is 0 Å². The molecule has 0 unspecified atom stereocenters. The molecule has 0 aliphatic carbocycles. The highest BCUT2D eigenvalue weighted by Gasteiger charge is 2.18. The third kappa shape index (κ3) is 3.13. The van der Waals surface area contributed by atoms with Gasteiger partial charge in [0.05, 0.1) is 43.1 Å². The number of hydrogen-bond acceptors (Lipinski definition) is 6. The Balaban J connectivity index is 1.59. The normalized spacial score (nSPS) is 11.8. The van der Waals surface area contributed by atoms with Crippen LogP contribution in [0.5, 0.6) is 0 Å². The van der Waals surface area contributed by atoms with Gasteiger partial charge in [-0.15, -0.1) is 10.2 Å². The highest BCUT2D eigenvalue weighted by molar-refractivity contribution is 5.80. The van der Waals surface area contributed by atoms with Gasteiger partial charge < -0.3 is 8.83 Å². The second-order valence-corrected chi connectivity index (χ2v) is 6.94. The summed E-state index contributed by atoms with van der Waals surface area (Å²) in [5, 5.41) is 9.31. The lowest BCUT2D eigenvalue weighted by Gasteiger charge is -2.19. The molecule has 0 aliphatic heterocycles. The summed E-state index contributed by atoms with van der Waals surface area (Å²) in [5.74, 6) is 2.95. The summed E-state index contributed by atoms with van der Waals surface area (Å²) >= 11 is 0. The van der Waals surface area contributed by atoms with Crippen molar-refractivity contribution in [1.29, 1.82) is 0 Å². The Bertz CT molecular complexity index is 1280. The van der Waals surface area contributed by atoms with Gasteiger partial charge in [-0.25, -0.2) is 0 Å². The first-order valence-electron chi connectivity index (χ1n) is 9.29. The van der Waals surface area contributed by atoms with E-state index in [1.807, 2.05) is 52.9 Å². The zero-order valence-electron chi connectivity index (χ0n) is 15.9. The van der Waals surface area contributed by atoms with Gasteiger partial charge in [-0.1, -0.05) is 12.1 Å². The quantitative estimate of drug-likeness (QED) is 0.444. The highest BCUT2D eigenvalue weighted by atomic mass is 16.3. The summed E-state index contributed by atoms with van der Waals surface area (Å²) in [6.07, 6.45) is 3.33. The number of aryl methyl sites for hydroxylation is 1. The Morgan fingerprint density at radius 3 is 2.24 bits per heavy atom. The molecule has 0 saturated carbocycles. The van der Waals surface area contributed by atoms with Crippen molar-refractivity contribution in [2.75, 3.05) is 0 Å². The standard InChI is InChI=1S/C21H19N5O3/c1-24-20(27)17-8-2-3-9-18(17)26-19(22-23-21(24)26)14-25(12-15-6-4-10-28-15)13-16-7-5-11-29-16/h2-11H,12-14H2,1H3. The molecule has 8 heteroatoms. The molecule has 0 amide bonds. The van der Waals surface area contributed by atoms with Crippen molar-refractivity contribution < 1.29 is 8.83 Å². The molecular weight excluding hydrogens is 370 g/mol. The lowest BCUT2D eigenvalue weighted by Crippen LogP contribution is -2.24. The molecule has 8 nitrogen and oxygen atoms in total. The van der Waals surface area contributed by atoms with E-state index in [0.717, 1.165) is 22.9 Å². The number of nitrogens with zero attached hydrogens (tertiary/aromatic N) is 5. The minimum Gasteiger partial charge on any atom is -0.468 e. The zero-order chi connectivity index (χ0) is 19.8. The maximum absolute atomic E-state index is 12.6. The van der Waals surface area contributed by atoms with Gasteiger partial charge in [0.2, 0.25) is 5.78 Å². The zero-order valence-corrected chi connectivity index (χ0v) is 15.9. The van der Waals surface area contributed by atoms with Crippen molar-refractivity contribution in [2.24, 2.45) is 7.05 Å². The van der Waals surface area contributed by atoms with Crippen LogP contribution in [0.3, 0.4) is 0 Å². The predicted octanol–water partition coefficient (Wildman–Crippen LogP) is 2.97. The monoisotopic (exact) mass is 389 g/mol. The van der Waals surface area contributed by atoms with Gasteiger partial charge in [0.25, 0.3) is 5.56 Å². The minimum atomic E-state index is -0.0879. The first kappa shape index (κ1) is 17.4. The topological polar surface area (TPSA) is 81.7 Å². The third-order valence-electron chi connectivity index (χ3n) is 4.98. The Morgan fingerprint density at radius 2 is 1.59 bits per heavy atom. The van der Waals surface area contributed by atoms with Gasteiger partial charge in [0, 0.05) is 7.05 Å². The first-order chi connectivity index (χ1) is 14.2. The van der Waals surface area contributed by atoms with Gasteiger partial charge in [0.1, 0.15) is 11.5 Å². The molecule has 4 heterocycles. The van der Waals surface area contributed by atoms with E-state index >= 15 is 0 Å². The van der Waals surface area contributed by atoms with E-state index in [9.17, 15) is 4.79 Å². The first-order valence-corrected chi connectivity index (χ1v) is 9.29. The summed E-state index contributed by atoms with van der Waals surface area (Å²) in [6, 6.07) is 15.1. The molecule has 5 rings (SSSR count). The number of furan rings is 2. The fourth-order valence-corrected chi connectivity index (χ4v) is 3.61. The second-order valence-electron chi connectivity index (χ2n) is 6.94. The minimum absolute atomic E-state index is 0.0879. The van der Waals surface area contributed by atoms with Crippen LogP contribution in [0.15, 0.2) is 74.7 Å². The van der Waals surface area contributed by atoms with E-state index in [-0.39, 0.29) is 5.56 Å². The molecular formula is C21H19N5O3. The highest BCUT2D eigenvalue weighted by Crippen LogP contribution is 2.18. The molecule has 4 aromatic heterocycles. The van der Waals surface area contributed by atoms with E-state index in [4.69, 9.17) is 8.83 Å². The van der Waals surface area contributed by atoms with Crippen LogP contribution in [-0.4, -0.2) is 24.1 Å². The average Bonchev–Trinajstić information content (AvgIpc) is 3.49. The summed E-state index contributed by atoms with van der Waals surface area (Å²) < 4.78 is 14.5. The number of rotatable bonds is 6. The maximum Gasteiger partial charge on any atom is 0.262 e. The molecule has 1 aromatic carbocycles. The van der Waals surface area contributed by atoms with Crippen molar-refractivity contribution in [2.45, 2.75) is 19.6 Å². The van der Waals surface area contributed by atoms with Gasteiger partial charge in [0.15, 0.2) is 5.82 Å². The van der Waals surface area contributed by atoms with Crippen LogP contribution in [0, 0.1) is 0 Å². The smallest absolute Gasteiger partial charge is 0.262 e. The Morgan fingerprint density at radius 1 is 0.897 bits per heavy atom. The summed E-state index contributed by atoms with van der Waals surface area (Å²) in [7, 11) is 1.71. The summed E-state index contributed by atoms with van der Waals surface area (Å²) in [6.45, 7) is 1.68. The number of aromatic nitrogens is 4. The largest absolute Gasteiger partial charge is 0.468 e. The molecule has 0 bridgehead atoms. The van der Waals surface area contributed by atoms with Gasteiger partial charge in [-0.2, -0.15) is 0 Å². The molecule has 0 radical (unpaired) electrons. The Kier molecular flexibility index (Phi) is 4.25. The van der Waals surface area contributed by atoms with Crippen LogP contribution in [0.25, 0.3) is 16.7 Å². The molecule has 0 N–H and O–H groups in total. The molecule has 0 aliphatic rings.